The number of hydrogen-bond donors (Lipinski definition) is 3. The van der Waals surface area contributed by atoms with Gasteiger partial charge >= 0.3 is 0 Å². The predicted molar refractivity (Wildman–Crippen MR) is 98.3 cm³/mol. The second kappa shape index (κ2) is 5.73. The van der Waals surface area contributed by atoms with Crippen LogP contribution in [0.3, 0.4) is 0 Å². The Bertz CT molecular complexity index is 757. The number of aryl methyl sites for hydroxylation is 2. The average molecular weight is 328 g/mol. The van der Waals surface area contributed by atoms with Crippen molar-refractivity contribution >= 4 is 28.7 Å². The SMILES string of the molecule is Cc1ccc(Nc2cc(C)c3c(c2)[C@@H]2CNCC[C@@H]2N3)cc1Cl. The second-order valence-corrected chi connectivity index (χ2v) is 7.10. The van der Waals surface area contributed by atoms with Crippen LogP contribution >= 0.6 is 11.6 Å². The van der Waals surface area contributed by atoms with E-state index in [1.807, 2.05) is 19.1 Å². The van der Waals surface area contributed by atoms with Crippen LogP contribution in [-0.4, -0.2) is 19.1 Å². The number of rotatable bonds is 2. The molecule has 2 aromatic rings. The van der Waals surface area contributed by atoms with Crippen LogP contribution in [0.2, 0.25) is 5.02 Å². The van der Waals surface area contributed by atoms with E-state index in [-0.39, 0.29) is 0 Å². The van der Waals surface area contributed by atoms with Crippen LogP contribution in [0.15, 0.2) is 30.3 Å². The van der Waals surface area contributed by atoms with Gasteiger partial charge in [0.1, 0.15) is 0 Å². The van der Waals surface area contributed by atoms with Crippen LogP contribution in [0.1, 0.15) is 29.0 Å². The summed E-state index contributed by atoms with van der Waals surface area (Å²) in [6, 6.07) is 11.2. The quantitative estimate of drug-likeness (QED) is 0.756. The van der Waals surface area contributed by atoms with Gasteiger partial charge < -0.3 is 16.0 Å². The minimum Gasteiger partial charge on any atom is -0.381 e. The lowest BCUT2D eigenvalue weighted by Gasteiger charge is -2.26. The molecule has 23 heavy (non-hydrogen) atoms. The number of anilines is 3. The van der Waals surface area contributed by atoms with Crippen molar-refractivity contribution in [2.75, 3.05) is 23.7 Å². The lowest BCUT2D eigenvalue weighted by molar-refractivity contribution is 0.440. The van der Waals surface area contributed by atoms with Crippen molar-refractivity contribution in [3.05, 3.63) is 52.0 Å². The van der Waals surface area contributed by atoms with Crippen LogP contribution in [0.4, 0.5) is 17.1 Å². The molecule has 4 heteroatoms. The van der Waals surface area contributed by atoms with E-state index >= 15 is 0 Å². The third-order valence-electron chi connectivity index (χ3n) is 5.04. The summed E-state index contributed by atoms with van der Waals surface area (Å²) in [7, 11) is 0. The summed E-state index contributed by atoms with van der Waals surface area (Å²) >= 11 is 6.24. The molecule has 0 spiro atoms. The van der Waals surface area contributed by atoms with E-state index in [9.17, 15) is 0 Å². The Morgan fingerprint density at radius 3 is 2.78 bits per heavy atom. The van der Waals surface area contributed by atoms with Gasteiger partial charge in [0.15, 0.2) is 0 Å². The highest BCUT2D eigenvalue weighted by molar-refractivity contribution is 6.31. The summed E-state index contributed by atoms with van der Waals surface area (Å²) in [5.41, 5.74) is 7.33. The third kappa shape index (κ3) is 2.68. The molecule has 2 aliphatic heterocycles. The molecular weight excluding hydrogens is 306 g/mol. The number of hydrogen-bond acceptors (Lipinski definition) is 3. The van der Waals surface area contributed by atoms with Gasteiger partial charge in [-0.15, -0.1) is 0 Å². The van der Waals surface area contributed by atoms with Gasteiger partial charge in [0.05, 0.1) is 0 Å². The van der Waals surface area contributed by atoms with Gasteiger partial charge in [0.25, 0.3) is 0 Å². The maximum atomic E-state index is 6.24. The van der Waals surface area contributed by atoms with Gasteiger partial charge in [-0.1, -0.05) is 17.7 Å². The first-order valence-electron chi connectivity index (χ1n) is 8.27. The molecule has 3 nitrogen and oxygen atoms in total. The zero-order chi connectivity index (χ0) is 16.0. The normalized spacial score (nSPS) is 22.2. The molecule has 1 saturated heterocycles. The highest BCUT2D eigenvalue weighted by Crippen LogP contribution is 2.42. The smallest absolute Gasteiger partial charge is 0.0455 e. The first-order valence-corrected chi connectivity index (χ1v) is 8.64. The molecule has 0 amide bonds. The third-order valence-corrected chi connectivity index (χ3v) is 5.45. The molecule has 2 atom stereocenters. The van der Waals surface area contributed by atoms with Crippen molar-refractivity contribution in [2.24, 2.45) is 0 Å². The van der Waals surface area contributed by atoms with Gasteiger partial charge in [-0.2, -0.15) is 0 Å². The lowest BCUT2D eigenvalue weighted by atomic mass is 9.89. The zero-order valence-electron chi connectivity index (χ0n) is 13.5. The summed E-state index contributed by atoms with van der Waals surface area (Å²) in [6.07, 6.45) is 1.19. The second-order valence-electron chi connectivity index (χ2n) is 6.70. The fourth-order valence-electron chi connectivity index (χ4n) is 3.76. The molecule has 3 N–H and O–H groups in total. The molecule has 4 rings (SSSR count). The monoisotopic (exact) mass is 327 g/mol. The minimum absolute atomic E-state index is 0.570. The molecule has 0 saturated carbocycles. The summed E-state index contributed by atoms with van der Waals surface area (Å²) in [5, 5.41) is 11.5. The molecule has 0 aromatic heterocycles. The molecule has 0 unspecified atom stereocenters. The molecule has 120 valence electrons. The largest absolute Gasteiger partial charge is 0.381 e. The van der Waals surface area contributed by atoms with E-state index in [2.05, 4.69) is 41.1 Å². The standard InChI is InChI=1S/C19H22ClN3/c1-11-3-4-13(9-17(11)20)22-14-7-12(2)19-15(8-14)16-10-21-6-5-18(16)23-19/h3-4,7-9,16,18,21-23H,5-6,10H2,1-2H3/t16-,18-/m0/s1. The fourth-order valence-corrected chi connectivity index (χ4v) is 3.94. The van der Waals surface area contributed by atoms with E-state index in [1.54, 1.807) is 0 Å². The van der Waals surface area contributed by atoms with Crippen molar-refractivity contribution in [3.8, 4) is 0 Å². The first-order chi connectivity index (χ1) is 11.1. The summed E-state index contributed by atoms with van der Waals surface area (Å²) in [4.78, 5) is 0. The van der Waals surface area contributed by atoms with Crippen molar-refractivity contribution in [2.45, 2.75) is 32.2 Å². The van der Waals surface area contributed by atoms with Crippen LogP contribution in [0.5, 0.6) is 0 Å². The van der Waals surface area contributed by atoms with Crippen LogP contribution in [0.25, 0.3) is 0 Å². The van der Waals surface area contributed by atoms with Crippen molar-refractivity contribution in [1.29, 1.82) is 0 Å². The molecular formula is C19H22ClN3. The Labute approximate surface area is 142 Å². The number of benzene rings is 2. The van der Waals surface area contributed by atoms with E-state index < -0.39 is 0 Å². The summed E-state index contributed by atoms with van der Waals surface area (Å²) in [6.45, 7) is 6.37. The Balaban J connectivity index is 1.66. The van der Waals surface area contributed by atoms with Gasteiger partial charge in [-0.05, 0) is 67.8 Å². The highest BCUT2D eigenvalue weighted by Gasteiger charge is 2.34. The Hall–Kier alpha value is -1.71. The first kappa shape index (κ1) is 14.9. The van der Waals surface area contributed by atoms with E-state index in [4.69, 9.17) is 11.6 Å². The number of nitrogens with one attached hydrogen (secondary N) is 3. The zero-order valence-corrected chi connectivity index (χ0v) is 14.3. The molecule has 0 radical (unpaired) electrons. The van der Waals surface area contributed by atoms with Gasteiger partial charge in [-0.3, -0.25) is 0 Å². The molecule has 0 bridgehead atoms. The van der Waals surface area contributed by atoms with Gasteiger partial charge in [0, 0.05) is 40.6 Å². The Morgan fingerprint density at radius 2 is 1.96 bits per heavy atom. The van der Waals surface area contributed by atoms with Crippen LogP contribution < -0.4 is 16.0 Å². The summed E-state index contributed by atoms with van der Waals surface area (Å²) in [5.74, 6) is 0.570. The Morgan fingerprint density at radius 1 is 1.09 bits per heavy atom. The van der Waals surface area contributed by atoms with E-state index in [1.165, 1.54) is 23.2 Å². The molecule has 2 aliphatic rings. The van der Waals surface area contributed by atoms with Crippen molar-refractivity contribution in [1.82, 2.24) is 5.32 Å². The van der Waals surface area contributed by atoms with E-state index in [0.29, 0.717) is 12.0 Å². The van der Waals surface area contributed by atoms with Crippen molar-refractivity contribution in [3.63, 3.8) is 0 Å². The van der Waals surface area contributed by atoms with E-state index in [0.717, 1.165) is 35.1 Å². The Kier molecular flexibility index (Phi) is 3.70. The highest BCUT2D eigenvalue weighted by atomic mass is 35.5. The predicted octanol–water partition coefficient (Wildman–Crippen LogP) is 4.57. The minimum atomic E-state index is 0.570. The van der Waals surface area contributed by atoms with Crippen LogP contribution in [-0.2, 0) is 0 Å². The number of fused-ring (bicyclic) bond motifs is 3. The fraction of sp³-hybridized carbons (Fsp3) is 0.368. The number of piperidine rings is 1. The molecule has 2 aromatic carbocycles. The average Bonchev–Trinajstić information content (AvgIpc) is 2.91. The number of halogens is 1. The van der Waals surface area contributed by atoms with Gasteiger partial charge in [-0.25, -0.2) is 0 Å². The van der Waals surface area contributed by atoms with Crippen molar-refractivity contribution < 1.29 is 0 Å². The molecule has 1 fully saturated rings. The molecule has 2 heterocycles. The molecule has 0 aliphatic carbocycles. The van der Waals surface area contributed by atoms with Gasteiger partial charge in [0.2, 0.25) is 0 Å². The maximum absolute atomic E-state index is 6.24. The maximum Gasteiger partial charge on any atom is 0.0455 e. The summed E-state index contributed by atoms with van der Waals surface area (Å²) < 4.78 is 0. The lowest BCUT2D eigenvalue weighted by Crippen LogP contribution is -2.38. The topological polar surface area (TPSA) is 36.1 Å². The van der Waals surface area contributed by atoms with Crippen LogP contribution in [0, 0.1) is 13.8 Å².